The molecule has 2 aromatic heterocycles. The number of aryl methyl sites for hydroxylation is 2. The Morgan fingerprint density at radius 1 is 1.16 bits per heavy atom. The van der Waals surface area contributed by atoms with Crippen LogP contribution in [0.25, 0.3) is 10.9 Å². The van der Waals surface area contributed by atoms with Gasteiger partial charge in [-0.15, -0.1) is 0 Å². The lowest BCUT2D eigenvalue weighted by atomic mass is 10.2. The molecule has 0 unspecified atom stereocenters. The normalized spacial score (nSPS) is 11.1. The van der Waals surface area contributed by atoms with Crippen molar-refractivity contribution < 1.29 is 4.52 Å². The smallest absolute Gasteiger partial charge is 0.133 e. The van der Waals surface area contributed by atoms with Crippen molar-refractivity contribution in [3.05, 3.63) is 47.6 Å². The van der Waals surface area contributed by atoms with Crippen molar-refractivity contribution in [3.63, 3.8) is 0 Å². The summed E-state index contributed by atoms with van der Waals surface area (Å²) in [5.41, 5.74) is 1.91. The predicted octanol–water partition coefficient (Wildman–Crippen LogP) is 3.53. The van der Waals surface area contributed by atoms with Gasteiger partial charge in [-0.1, -0.05) is 35.1 Å². The Hall–Kier alpha value is -1.88. The molecule has 1 aromatic carbocycles. The Morgan fingerprint density at radius 3 is 2.79 bits per heavy atom. The first-order valence-corrected chi connectivity index (χ1v) is 6.99. The van der Waals surface area contributed by atoms with E-state index in [-0.39, 0.29) is 0 Å². The van der Waals surface area contributed by atoms with Crippen LogP contribution in [0.4, 0.5) is 0 Å². The molecule has 4 nitrogen and oxygen atoms in total. The monoisotopic (exact) mass is 271 g/mol. The van der Waals surface area contributed by atoms with Crippen molar-refractivity contribution in [2.45, 2.75) is 24.6 Å². The molecule has 0 amide bonds. The number of para-hydroxylation sites is 1. The number of aromatic nitrogens is 3. The number of hydrogen-bond donors (Lipinski definition) is 0. The molecule has 0 spiro atoms. The minimum Gasteiger partial charge on any atom is -0.361 e. The molecule has 96 valence electrons. The second-order valence-electron chi connectivity index (χ2n) is 4.31. The fraction of sp³-hybridized carbons (Fsp3) is 0.214. The quantitative estimate of drug-likeness (QED) is 0.539. The predicted molar refractivity (Wildman–Crippen MR) is 75.1 cm³/mol. The van der Waals surface area contributed by atoms with Crippen LogP contribution in [-0.4, -0.2) is 15.1 Å². The van der Waals surface area contributed by atoms with E-state index in [1.807, 2.05) is 44.2 Å². The summed E-state index contributed by atoms with van der Waals surface area (Å²) in [5, 5.41) is 6.07. The highest BCUT2D eigenvalue weighted by Gasteiger charge is 2.08. The molecule has 0 radical (unpaired) electrons. The van der Waals surface area contributed by atoms with Crippen LogP contribution in [-0.2, 0) is 5.75 Å². The topological polar surface area (TPSA) is 51.8 Å². The zero-order valence-corrected chi connectivity index (χ0v) is 11.6. The Balaban J connectivity index is 1.91. The van der Waals surface area contributed by atoms with Gasteiger partial charge in [-0.2, -0.15) is 0 Å². The zero-order valence-electron chi connectivity index (χ0n) is 10.8. The van der Waals surface area contributed by atoms with Gasteiger partial charge in [0.1, 0.15) is 16.6 Å². The van der Waals surface area contributed by atoms with Crippen LogP contribution in [0.1, 0.15) is 17.3 Å². The molecule has 0 N–H and O–H groups in total. The largest absolute Gasteiger partial charge is 0.361 e. The van der Waals surface area contributed by atoms with Gasteiger partial charge in [0.2, 0.25) is 0 Å². The second kappa shape index (κ2) is 5.01. The molecule has 0 aliphatic heterocycles. The van der Waals surface area contributed by atoms with Gasteiger partial charge in [0, 0.05) is 17.2 Å². The SMILES string of the molecule is Cc1nc(SCc2cc(C)on2)c2ccccc2n1. The maximum atomic E-state index is 5.07. The van der Waals surface area contributed by atoms with Gasteiger partial charge in [0.15, 0.2) is 0 Å². The lowest BCUT2D eigenvalue weighted by Crippen LogP contribution is -1.93. The zero-order chi connectivity index (χ0) is 13.2. The van der Waals surface area contributed by atoms with Crippen LogP contribution in [0.15, 0.2) is 39.9 Å². The van der Waals surface area contributed by atoms with Gasteiger partial charge in [0.25, 0.3) is 0 Å². The van der Waals surface area contributed by atoms with E-state index in [1.54, 1.807) is 11.8 Å². The molecule has 19 heavy (non-hydrogen) atoms. The first-order chi connectivity index (χ1) is 9.22. The standard InChI is InChI=1S/C14H13N3OS/c1-9-7-11(17-18-9)8-19-14-12-5-3-4-6-13(12)15-10(2)16-14/h3-7H,8H2,1-2H3. The molecular weight excluding hydrogens is 258 g/mol. The van der Waals surface area contributed by atoms with Crippen molar-refractivity contribution in [1.82, 2.24) is 15.1 Å². The lowest BCUT2D eigenvalue weighted by molar-refractivity contribution is 0.393. The molecule has 0 bridgehead atoms. The molecule has 3 rings (SSSR count). The number of hydrogen-bond acceptors (Lipinski definition) is 5. The number of thioether (sulfide) groups is 1. The fourth-order valence-corrected chi connectivity index (χ4v) is 2.84. The first-order valence-electron chi connectivity index (χ1n) is 6.01. The molecule has 2 heterocycles. The number of nitrogens with zero attached hydrogens (tertiary/aromatic N) is 3. The highest BCUT2D eigenvalue weighted by Crippen LogP contribution is 2.27. The van der Waals surface area contributed by atoms with Crippen LogP contribution in [0.2, 0.25) is 0 Å². The van der Waals surface area contributed by atoms with Gasteiger partial charge < -0.3 is 4.52 Å². The molecule has 0 saturated carbocycles. The van der Waals surface area contributed by atoms with E-state index in [1.165, 1.54) is 0 Å². The van der Waals surface area contributed by atoms with Crippen molar-refractivity contribution in [2.24, 2.45) is 0 Å². The Kier molecular flexibility index (Phi) is 3.21. The third kappa shape index (κ3) is 2.61. The van der Waals surface area contributed by atoms with Gasteiger partial charge >= 0.3 is 0 Å². The summed E-state index contributed by atoms with van der Waals surface area (Å²) >= 11 is 1.66. The van der Waals surface area contributed by atoms with Crippen molar-refractivity contribution in [1.29, 1.82) is 0 Å². The fourth-order valence-electron chi connectivity index (χ4n) is 1.90. The van der Waals surface area contributed by atoms with Crippen LogP contribution in [0.3, 0.4) is 0 Å². The van der Waals surface area contributed by atoms with E-state index in [9.17, 15) is 0 Å². The number of fused-ring (bicyclic) bond motifs is 1. The summed E-state index contributed by atoms with van der Waals surface area (Å²) in [6.45, 7) is 3.81. The van der Waals surface area contributed by atoms with Crippen molar-refractivity contribution >= 4 is 22.7 Å². The van der Waals surface area contributed by atoms with E-state index in [0.29, 0.717) is 0 Å². The van der Waals surface area contributed by atoms with E-state index in [0.717, 1.165) is 39.0 Å². The molecule has 0 aliphatic rings. The van der Waals surface area contributed by atoms with E-state index >= 15 is 0 Å². The van der Waals surface area contributed by atoms with Gasteiger partial charge in [-0.3, -0.25) is 0 Å². The van der Waals surface area contributed by atoms with Crippen molar-refractivity contribution in [2.75, 3.05) is 0 Å². The van der Waals surface area contributed by atoms with Gasteiger partial charge in [-0.25, -0.2) is 9.97 Å². The molecule has 3 aromatic rings. The van der Waals surface area contributed by atoms with E-state index < -0.39 is 0 Å². The Morgan fingerprint density at radius 2 is 2.00 bits per heavy atom. The third-order valence-corrected chi connectivity index (χ3v) is 3.74. The van der Waals surface area contributed by atoms with Gasteiger partial charge in [-0.05, 0) is 19.9 Å². The van der Waals surface area contributed by atoms with Crippen LogP contribution in [0, 0.1) is 13.8 Å². The highest BCUT2D eigenvalue weighted by molar-refractivity contribution is 7.98. The summed E-state index contributed by atoms with van der Waals surface area (Å²) in [6.07, 6.45) is 0. The summed E-state index contributed by atoms with van der Waals surface area (Å²) < 4.78 is 5.07. The summed E-state index contributed by atoms with van der Waals surface area (Å²) in [7, 11) is 0. The average molecular weight is 271 g/mol. The molecule has 0 atom stereocenters. The first kappa shape index (κ1) is 12.2. The number of rotatable bonds is 3. The van der Waals surface area contributed by atoms with E-state index in [2.05, 4.69) is 15.1 Å². The van der Waals surface area contributed by atoms with Crippen LogP contribution < -0.4 is 0 Å². The average Bonchev–Trinajstić information content (AvgIpc) is 2.81. The van der Waals surface area contributed by atoms with Crippen LogP contribution >= 0.6 is 11.8 Å². The summed E-state index contributed by atoms with van der Waals surface area (Å²) in [6, 6.07) is 10.00. The molecule has 0 aliphatic carbocycles. The summed E-state index contributed by atoms with van der Waals surface area (Å²) in [5.74, 6) is 2.37. The highest BCUT2D eigenvalue weighted by atomic mass is 32.2. The molecule has 5 heteroatoms. The second-order valence-corrected chi connectivity index (χ2v) is 5.27. The van der Waals surface area contributed by atoms with Crippen molar-refractivity contribution in [3.8, 4) is 0 Å². The minimum atomic E-state index is 0.748. The maximum Gasteiger partial charge on any atom is 0.133 e. The van der Waals surface area contributed by atoms with Gasteiger partial charge in [0.05, 0.1) is 11.2 Å². The van der Waals surface area contributed by atoms with Crippen LogP contribution in [0.5, 0.6) is 0 Å². The molecular formula is C14H13N3OS. The maximum absolute atomic E-state index is 5.07. The Bertz CT molecular complexity index is 724. The minimum absolute atomic E-state index is 0.748. The molecule has 0 saturated heterocycles. The molecule has 0 fully saturated rings. The van der Waals surface area contributed by atoms with E-state index in [4.69, 9.17) is 4.52 Å². The third-order valence-electron chi connectivity index (χ3n) is 2.71. The summed E-state index contributed by atoms with van der Waals surface area (Å²) in [4.78, 5) is 8.95. The number of benzene rings is 1. The lowest BCUT2D eigenvalue weighted by Gasteiger charge is -2.05. The Labute approximate surface area is 115 Å².